The molecule has 0 unspecified atom stereocenters. The molecule has 0 aromatic heterocycles. The lowest BCUT2D eigenvalue weighted by molar-refractivity contribution is -0.147. The molecule has 0 aliphatic carbocycles. The maximum atomic E-state index is 11.4. The normalized spacial score (nSPS) is 13.4. The van der Waals surface area contributed by atoms with Gasteiger partial charge in [-0.2, -0.15) is 0 Å². The first-order valence-electron chi connectivity index (χ1n) is 12.0. The van der Waals surface area contributed by atoms with Crippen LogP contribution in [-0.2, 0) is 9.53 Å². The van der Waals surface area contributed by atoms with Gasteiger partial charge in [0.15, 0.2) is 0 Å². The summed E-state index contributed by atoms with van der Waals surface area (Å²) < 4.78 is 4.88. The predicted molar refractivity (Wildman–Crippen MR) is 117 cm³/mol. The van der Waals surface area contributed by atoms with E-state index in [0.717, 1.165) is 18.8 Å². The zero-order valence-electron chi connectivity index (χ0n) is 18.8. The largest absolute Gasteiger partial charge is 0.463 e. The van der Waals surface area contributed by atoms with Crippen LogP contribution in [0.3, 0.4) is 0 Å². The van der Waals surface area contributed by atoms with Crippen LogP contribution in [0, 0.1) is 5.92 Å². The molecule has 0 heterocycles. The summed E-state index contributed by atoms with van der Waals surface area (Å²) in [6, 6.07) is 0. The number of rotatable bonds is 21. The summed E-state index contributed by atoms with van der Waals surface area (Å²) in [4.78, 5) is 11.4. The van der Waals surface area contributed by atoms with Gasteiger partial charge in [-0.15, -0.1) is 0 Å². The highest BCUT2D eigenvalue weighted by Gasteiger charge is 2.07. The highest BCUT2D eigenvalue weighted by molar-refractivity contribution is 5.69. The minimum atomic E-state index is -0.955. The van der Waals surface area contributed by atoms with Crippen molar-refractivity contribution in [3.05, 3.63) is 0 Å². The van der Waals surface area contributed by atoms with E-state index in [9.17, 15) is 4.79 Å². The van der Waals surface area contributed by atoms with E-state index in [0.29, 0.717) is 6.42 Å². The van der Waals surface area contributed by atoms with Crippen molar-refractivity contribution in [2.75, 3.05) is 13.2 Å². The lowest BCUT2D eigenvalue weighted by atomic mass is 9.99. The molecule has 2 N–H and O–H groups in total. The third kappa shape index (κ3) is 20.1. The van der Waals surface area contributed by atoms with Crippen LogP contribution in [0.2, 0.25) is 0 Å². The Morgan fingerprint density at radius 2 is 1.21 bits per heavy atom. The first-order valence-corrected chi connectivity index (χ1v) is 12.0. The zero-order valence-corrected chi connectivity index (χ0v) is 18.8. The van der Waals surface area contributed by atoms with E-state index < -0.39 is 6.10 Å². The fourth-order valence-corrected chi connectivity index (χ4v) is 3.40. The molecule has 0 radical (unpaired) electrons. The number of ether oxygens (including phenoxy) is 1. The first-order chi connectivity index (χ1) is 13.6. The number of hydrogen-bond donors (Lipinski definition) is 2. The Hall–Kier alpha value is -0.610. The van der Waals surface area contributed by atoms with Gasteiger partial charge in [0.25, 0.3) is 0 Å². The van der Waals surface area contributed by atoms with E-state index in [2.05, 4.69) is 13.8 Å². The van der Waals surface area contributed by atoms with Crippen LogP contribution < -0.4 is 0 Å². The number of esters is 1. The van der Waals surface area contributed by atoms with E-state index in [1.807, 2.05) is 0 Å². The van der Waals surface area contributed by atoms with Crippen molar-refractivity contribution in [3.8, 4) is 0 Å². The third-order valence-corrected chi connectivity index (χ3v) is 5.67. The molecule has 28 heavy (non-hydrogen) atoms. The number of aliphatic hydroxyl groups is 2. The van der Waals surface area contributed by atoms with Crippen LogP contribution in [0.25, 0.3) is 0 Å². The summed E-state index contributed by atoms with van der Waals surface area (Å²) in [5, 5.41) is 17.8. The smallest absolute Gasteiger partial charge is 0.305 e. The molecule has 0 saturated heterocycles. The van der Waals surface area contributed by atoms with Crippen molar-refractivity contribution in [3.63, 3.8) is 0 Å². The Labute approximate surface area is 174 Å². The average Bonchev–Trinajstić information content (AvgIpc) is 2.71. The second-order valence-corrected chi connectivity index (χ2v) is 8.52. The van der Waals surface area contributed by atoms with E-state index >= 15 is 0 Å². The van der Waals surface area contributed by atoms with Crippen molar-refractivity contribution in [2.45, 2.75) is 129 Å². The molecule has 0 aromatic rings. The van der Waals surface area contributed by atoms with Gasteiger partial charge in [0.05, 0.1) is 6.61 Å². The van der Waals surface area contributed by atoms with Crippen LogP contribution in [0.4, 0.5) is 0 Å². The van der Waals surface area contributed by atoms with Gasteiger partial charge in [0.1, 0.15) is 12.7 Å². The number of unbranched alkanes of at least 4 members (excludes halogenated alkanes) is 13. The van der Waals surface area contributed by atoms with E-state index in [4.69, 9.17) is 14.9 Å². The van der Waals surface area contributed by atoms with Gasteiger partial charge >= 0.3 is 5.97 Å². The zero-order chi connectivity index (χ0) is 20.9. The van der Waals surface area contributed by atoms with Crippen LogP contribution in [0.15, 0.2) is 0 Å². The Morgan fingerprint density at radius 3 is 1.64 bits per heavy atom. The maximum absolute atomic E-state index is 11.4. The number of hydrogen-bond acceptors (Lipinski definition) is 4. The summed E-state index contributed by atoms with van der Waals surface area (Å²) in [5.41, 5.74) is 0. The number of carbonyl (C=O) groups is 1. The monoisotopic (exact) mass is 400 g/mol. The fraction of sp³-hybridized carbons (Fsp3) is 0.958. The molecule has 0 amide bonds. The van der Waals surface area contributed by atoms with Crippen LogP contribution >= 0.6 is 0 Å². The number of aliphatic hydroxyl groups excluding tert-OH is 2. The third-order valence-electron chi connectivity index (χ3n) is 5.67. The number of carbonyl (C=O) groups excluding carboxylic acids is 1. The van der Waals surface area contributed by atoms with Crippen LogP contribution in [0.5, 0.6) is 0 Å². The Balaban J connectivity index is 3.15. The minimum Gasteiger partial charge on any atom is -0.463 e. The van der Waals surface area contributed by atoms with Gasteiger partial charge in [-0.25, -0.2) is 0 Å². The molecule has 0 spiro atoms. The SMILES string of the molecule is CC[C@H](C)CCCCCCCCCCCCCCCCC(=O)OC[C@@H](O)CO. The Morgan fingerprint density at radius 1 is 0.786 bits per heavy atom. The van der Waals surface area contributed by atoms with Gasteiger partial charge in [-0.1, -0.05) is 110 Å². The van der Waals surface area contributed by atoms with Gasteiger partial charge in [-0.05, 0) is 12.3 Å². The molecule has 0 aromatic carbocycles. The second kappa shape index (κ2) is 21.1. The van der Waals surface area contributed by atoms with Gasteiger partial charge in [0.2, 0.25) is 0 Å². The molecule has 0 bridgehead atoms. The molecule has 0 rings (SSSR count). The predicted octanol–water partition coefficient (Wildman–Crippen LogP) is 6.17. The molecule has 4 nitrogen and oxygen atoms in total. The van der Waals surface area contributed by atoms with Gasteiger partial charge in [0, 0.05) is 6.42 Å². The quantitative estimate of drug-likeness (QED) is 0.179. The van der Waals surface area contributed by atoms with E-state index in [1.165, 1.54) is 89.9 Å². The van der Waals surface area contributed by atoms with Crippen molar-refractivity contribution >= 4 is 5.97 Å². The summed E-state index contributed by atoms with van der Waals surface area (Å²) >= 11 is 0. The molecule has 168 valence electrons. The summed E-state index contributed by atoms with van der Waals surface area (Å²) in [6.45, 7) is 4.18. The molecule has 2 atom stereocenters. The molecule has 0 aliphatic heterocycles. The Kier molecular flexibility index (Phi) is 20.6. The lowest BCUT2D eigenvalue weighted by Gasteiger charge is -2.08. The highest BCUT2D eigenvalue weighted by atomic mass is 16.5. The highest BCUT2D eigenvalue weighted by Crippen LogP contribution is 2.16. The van der Waals surface area contributed by atoms with Crippen LogP contribution in [-0.4, -0.2) is 35.5 Å². The molecular weight excluding hydrogens is 352 g/mol. The summed E-state index contributed by atoms with van der Waals surface area (Å²) in [5.74, 6) is 0.636. The van der Waals surface area contributed by atoms with Gasteiger partial charge < -0.3 is 14.9 Å². The second-order valence-electron chi connectivity index (χ2n) is 8.52. The standard InChI is InChI=1S/C24H48O4/c1-3-22(2)18-16-14-12-10-8-6-4-5-7-9-11-13-15-17-19-24(27)28-21-23(26)20-25/h22-23,25-26H,3-21H2,1-2H3/t22-,23-/m0/s1. The Bertz CT molecular complexity index is 333. The van der Waals surface area contributed by atoms with Crippen molar-refractivity contribution in [2.24, 2.45) is 5.92 Å². The molecular formula is C24H48O4. The topological polar surface area (TPSA) is 66.8 Å². The molecule has 0 fully saturated rings. The minimum absolute atomic E-state index is 0.104. The van der Waals surface area contributed by atoms with Crippen LogP contribution in [0.1, 0.15) is 123 Å². The van der Waals surface area contributed by atoms with E-state index in [-0.39, 0.29) is 19.2 Å². The van der Waals surface area contributed by atoms with Crippen molar-refractivity contribution in [1.29, 1.82) is 0 Å². The fourth-order valence-electron chi connectivity index (χ4n) is 3.40. The van der Waals surface area contributed by atoms with Gasteiger partial charge in [-0.3, -0.25) is 4.79 Å². The first kappa shape index (κ1) is 27.4. The summed E-state index contributed by atoms with van der Waals surface area (Å²) in [6.07, 6.45) is 20.5. The molecule has 0 saturated carbocycles. The van der Waals surface area contributed by atoms with Crippen molar-refractivity contribution < 1.29 is 19.7 Å². The summed E-state index contributed by atoms with van der Waals surface area (Å²) in [7, 11) is 0. The average molecular weight is 401 g/mol. The van der Waals surface area contributed by atoms with E-state index in [1.54, 1.807) is 0 Å². The lowest BCUT2D eigenvalue weighted by Crippen LogP contribution is -2.21. The maximum Gasteiger partial charge on any atom is 0.305 e. The molecule has 0 aliphatic rings. The molecule has 4 heteroatoms. The van der Waals surface area contributed by atoms with Crippen molar-refractivity contribution in [1.82, 2.24) is 0 Å².